The van der Waals surface area contributed by atoms with E-state index in [1.54, 1.807) is 30.6 Å². The molecule has 3 heterocycles. The Bertz CT molecular complexity index is 1460. The minimum absolute atomic E-state index is 0.170. The first-order valence-electron chi connectivity index (χ1n) is 9.16. The maximum Gasteiger partial charge on any atom is 0.266 e. The third-order valence-corrected chi connectivity index (χ3v) is 5.77. The van der Waals surface area contributed by atoms with Crippen LogP contribution in [0, 0.1) is 12.7 Å². The van der Waals surface area contributed by atoms with E-state index in [-0.39, 0.29) is 11.2 Å². The third kappa shape index (κ3) is 3.03. The fourth-order valence-corrected chi connectivity index (χ4v) is 4.27. The molecule has 0 amide bonds. The average molecular weight is 418 g/mol. The molecule has 5 rings (SSSR count). The van der Waals surface area contributed by atoms with Crippen molar-refractivity contribution in [2.75, 3.05) is 0 Å². The number of aromatic nitrogens is 6. The maximum atomic E-state index is 14.6. The standard InChI is InChI=1S/C21H15FN6OS/c1-12-5-4-7-14-17(12)21(29)28(15-8-3-2-6-13(15)22)16(27-14)9-30-20-18-19(24-10-23-18)25-11-26-20/h2-8,10-11H,9H2,1H3,(H,23,24,25,26). The van der Waals surface area contributed by atoms with Crippen molar-refractivity contribution in [3.05, 3.63) is 82.7 Å². The highest BCUT2D eigenvalue weighted by Gasteiger charge is 2.18. The smallest absolute Gasteiger partial charge is 0.266 e. The van der Waals surface area contributed by atoms with Crippen molar-refractivity contribution in [3.63, 3.8) is 0 Å². The number of para-hydroxylation sites is 1. The normalized spacial score (nSPS) is 11.4. The van der Waals surface area contributed by atoms with Gasteiger partial charge in [0.1, 0.15) is 28.5 Å². The summed E-state index contributed by atoms with van der Waals surface area (Å²) in [6.07, 6.45) is 3.00. The van der Waals surface area contributed by atoms with E-state index >= 15 is 0 Å². The SMILES string of the molecule is Cc1cccc2nc(CSc3ncnc4[nH]cnc34)n(-c3ccccc3F)c(=O)c12. The van der Waals surface area contributed by atoms with Crippen LogP contribution in [0.1, 0.15) is 11.4 Å². The second-order valence-corrected chi connectivity index (χ2v) is 7.62. The van der Waals surface area contributed by atoms with Crippen LogP contribution in [-0.2, 0) is 5.75 Å². The van der Waals surface area contributed by atoms with Gasteiger partial charge in [-0.2, -0.15) is 0 Å². The summed E-state index contributed by atoms with van der Waals surface area (Å²) < 4.78 is 16.0. The topological polar surface area (TPSA) is 89.3 Å². The number of thioether (sulfide) groups is 1. The number of hydrogen-bond acceptors (Lipinski definition) is 6. The highest BCUT2D eigenvalue weighted by Crippen LogP contribution is 2.27. The van der Waals surface area contributed by atoms with Gasteiger partial charge in [0.15, 0.2) is 5.65 Å². The fourth-order valence-electron chi connectivity index (χ4n) is 3.40. The summed E-state index contributed by atoms with van der Waals surface area (Å²) in [6, 6.07) is 11.7. The predicted molar refractivity (Wildman–Crippen MR) is 113 cm³/mol. The van der Waals surface area contributed by atoms with Crippen LogP contribution in [0.4, 0.5) is 4.39 Å². The van der Waals surface area contributed by atoms with Gasteiger partial charge in [0.2, 0.25) is 0 Å². The summed E-state index contributed by atoms with van der Waals surface area (Å²) in [6.45, 7) is 1.85. The first-order valence-corrected chi connectivity index (χ1v) is 10.1. The molecule has 0 spiro atoms. The lowest BCUT2D eigenvalue weighted by Gasteiger charge is -2.15. The van der Waals surface area contributed by atoms with E-state index in [4.69, 9.17) is 4.98 Å². The molecule has 0 atom stereocenters. The number of halogens is 1. The summed E-state index contributed by atoms with van der Waals surface area (Å²) in [4.78, 5) is 33.7. The molecule has 0 saturated carbocycles. The Morgan fingerprint density at radius 1 is 1.10 bits per heavy atom. The van der Waals surface area contributed by atoms with Gasteiger partial charge in [-0.3, -0.25) is 9.36 Å². The van der Waals surface area contributed by atoms with E-state index in [0.29, 0.717) is 38.7 Å². The van der Waals surface area contributed by atoms with Crippen LogP contribution in [0.25, 0.3) is 27.8 Å². The number of aromatic amines is 1. The third-order valence-electron chi connectivity index (χ3n) is 4.79. The van der Waals surface area contributed by atoms with Crippen LogP contribution in [0.2, 0.25) is 0 Å². The number of imidazole rings is 1. The summed E-state index contributed by atoms with van der Waals surface area (Å²) in [7, 11) is 0. The fraction of sp³-hybridized carbons (Fsp3) is 0.0952. The van der Waals surface area contributed by atoms with Gasteiger partial charge in [-0.15, -0.1) is 0 Å². The van der Waals surface area contributed by atoms with Crippen molar-refractivity contribution >= 4 is 33.8 Å². The molecule has 0 radical (unpaired) electrons. The molecule has 0 aliphatic carbocycles. The van der Waals surface area contributed by atoms with E-state index in [2.05, 4.69) is 19.9 Å². The minimum Gasteiger partial charge on any atom is -0.329 e. The van der Waals surface area contributed by atoms with Gasteiger partial charge < -0.3 is 4.98 Å². The predicted octanol–water partition coefficient (Wildman–Crippen LogP) is 3.79. The number of benzene rings is 2. The van der Waals surface area contributed by atoms with Crippen molar-refractivity contribution in [2.45, 2.75) is 17.7 Å². The molecule has 0 unspecified atom stereocenters. The second-order valence-electron chi connectivity index (χ2n) is 6.66. The van der Waals surface area contributed by atoms with Crippen LogP contribution in [-0.4, -0.2) is 29.5 Å². The molecule has 0 bridgehead atoms. The Labute approximate surface area is 174 Å². The van der Waals surface area contributed by atoms with E-state index in [1.807, 2.05) is 19.1 Å². The molecule has 30 heavy (non-hydrogen) atoms. The zero-order chi connectivity index (χ0) is 20.7. The van der Waals surface area contributed by atoms with Gasteiger partial charge in [0.05, 0.1) is 28.7 Å². The highest BCUT2D eigenvalue weighted by atomic mass is 32.2. The molecule has 2 aromatic carbocycles. The van der Waals surface area contributed by atoms with Crippen molar-refractivity contribution < 1.29 is 4.39 Å². The molecule has 3 aromatic heterocycles. The zero-order valence-corrected chi connectivity index (χ0v) is 16.7. The van der Waals surface area contributed by atoms with Crippen molar-refractivity contribution in [3.8, 4) is 5.69 Å². The first kappa shape index (κ1) is 18.4. The number of H-pyrrole nitrogens is 1. The number of nitrogens with zero attached hydrogens (tertiary/aromatic N) is 5. The Morgan fingerprint density at radius 3 is 2.83 bits per heavy atom. The first-order chi connectivity index (χ1) is 14.6. The Kier molecular flexibility index (Phi) is 4.51. The number of rotatable bonds is 4. The minimum atomic E-state index is -0.489. The quantitative estimate of drug-likeness (QED) is 0.353. The summed E-state index contributed by atoms with van der Waals surface area (Å²) in [5, 5.41) is 1.13. The highest BCUT2D eigenvalue weighted by molar-refractivity contribution is 7.98. The number of fused-ring (bicyclic) bond motifs is 2. The summed E-state index contributed by atoms with van der Waals surface area (Å²) >= 11 is 1.37. The molecule has 7 nitrogen and oxygen atoms in total. The van der Waals surface area contributed by atoms with Crippen LogP contribution < -0.4 is 5.56 Å². The van der Waals surface area contributed by atoms with Crippen molar-refractivity contribution in [2.24, 2.45) is 0 Å². The van der Waals surface area contributed by atoms with E-state index in [0.717, 1.165) is 5.56 Å². The van der Waals surface area contributed by atoms with Gasteiger partial charge in [-0.1, -0.05) is 36.0 Å². The van der Waals surface area contributed by atoms with Crippen molar-refractivity contribution in [1.29, 1.82) is 0 Å². The van der Waals surface area contributed by atoms with Crippen LogP contribution in [0.15, 0.2) is 64.9 Å². The van der Waals surface area contributed by atoms with Gasteiger partial charge in [0.25, 0.3) is 5.56 Å². The van der Waals surface area contributed by atoms with Crippen molar-refractivity contribution in [1.82, 2.24) is 29.5 Å². The largest absolute Gasteiger partial charge is 0.329 e. The zero-order valence-electron chi connectivity index (χ0n) is 15.8. The lowest BCUT2D eigenvalue weighted by atomic mass is 10.1. The molecule has 9 heteroatoms. The van der Waals surface area contributed by atoms with Gasteiger partial charge in [0, 0.05) is 0 Å². The molecule has 1 N–H and O–H groups in total. The Balaban J connectivity index is 1.69. The molecule has 148 valence electrons. The Hall–Kier alpha value is -3.59. The Morgan fingerprint density at radius 2 is 1.97 bits per heavy atom. The van der Waals surface area contributed by atoms with E-state index < -0.39 is 5.82 Å². The summed E-state index contributed by atoms with van der Waals surface area (Å²) in [5.41, 5.74) is 2.51. The van der Waals surface area contributed by atoms with Crippen LogP contribution in [0.5, 0.6) is 0 Å². The molecule has 0 fully saturated rings. The van der Waals surface area contributed by atoms with Crippen LogP contribution in [0.3, 0.4) is 0 Å². The molecule has 5 aromatic rings. The van der Waals surface area contributed by atoms with Gasteiger partial charge >= 0.3 is 0 Å². The number of nitrogens with one attached hydrogen (secondary N) is 1. The lowest BCUT2D eigenvalue weighted by Crippen LogP contribution is -2.25. The molecular formula is C21H15FN6OS. The van der Waals surface area contributed by atoms with Gasteiger partial charge in [-0.25, -0.2) is 24.3 Å². The second kappa shape index (κ2) is 7.34. The lowest BCUT2D eigenvalue weighted by molar-refractivity contribution is 0.613. The van der Waals surface area contributed by atoms with E-state index in [9.17, 15) is 9.18 Å². The molecule has 0 aliphatic rings. The molecular weight excluding hydrogens is 403 g/mol. The monoisotopic (exact) mass is 418 g/mol. The van der Waals surface area contributed by atoms with E-state index in [1.165, 1.54) is 28.7 Å². The summed E-state index contributed by atoms with van der Waals surface area (Å²) in [5.74, 6) is 0.236. The number of hydrogen-bond donors (Lipinski definition) is 1. The molecule has 0 aliphatic heterocycles. The molecule has 0 saturated heterocycles. The maximum absolute atomic E-state index is 14.6. The average Bonchev–Trinajstić information content (AvgIpc) is 3.22. The van der Waals surface area contributed by atoms with Crippen LogP contribution >= 0.6 is 11.8 Å². The number of aryl methyl sites for hydroxylation is 1. The van der Waals surface area contributed by atoms with Gasteiger partial charge in [-0.05, 0) is 30.7 Å².